The molecule has 0 radical (unpaired) electrons. The van der Waals surface area contributed by atoms with Crippen LogP contribution in [0.1, 0.15) is 83.9 Å². The predicted octanol–water partition coefficient (Wildman–Crippen LogP) is 7.43. The second kappa shape index (κ2) is 13.1. The lowest BCUT2D eigenvalue weighted by atomic mass is 9.88. The monoisotopic (exact) mass is 596 g/mol. The van der Waals surface area contributed by atoms with Gasteiger partial charge in [0.25, 0.3) is 5.91 Å². The number of hydrogen-bond donors (Lipinski definition) is 1. The Morgan fingerprint density at radius 3 is 2.27 bits per heavy atom. The number of piperidine rings is 1. The highest BCUT2D eigenvalue weighted by molar-refractivity contribution is 6.08. The molecular formula is C36H41FN4O3. The fourth-order valence-corrected chi connectivity index (χ4v) is 5.98. The maximum absolute atomic E-state index is 13.7. The van der Waals surface area contributed by atoms with Crippen LogP contribution >= 0.6 is 0 Å². The highest BCUT2D eigenvalue weighted by Gasteiger charge is 2.26. The summed E-state index contributed by atoms with van der Waals surface area (Å²) < 4.78 is 20.3. The van der Waals surface area contributed by atoms with E-state index in [1.807, 2.05) is 55.8 Å². The van der Waals surface area contributed by atoms with Crippen LogP contribution in [-0.4, -0.2) is 46.8 Å². The lowest BCUT2D eigenvalue weighted by molar-refractivity contribution is 0.0600. The van der Waals surface area contributed by atoms with Gasteiger partial charge in [0.1, 0.15) is 5.82 Å². The number of rotatable bonds is 8. The smallest absolute Gasteiger partial charge is 0.337 e. The number of ether oxygens (including phenoxy) is 1. The molecule has 0 spiro atoms. The second-order valence-corrected chi connectivity index (χ2v) is 12.5. The average molecular weight is 597 g/mol. The summed E-state index contributed by atoms with van der Waals surface area (Å²) in [6.45, 7) is 11.0. The Balaban J connectivity index is 1.29. The number of carbonyl (C=O) groups excluding carboxylic acids is 2. The van der Waals surface area contributed by atoms with E-state index in [9.17, 15) is 14.0 Å². The Hall–Kier alpha value is -4.30. The molecule has 1 aliphatic rings. The van der Waals surface area contributed by atoms with Crippen molar-refractivity contribution in [2.75, 3.05) is 25.5 Å². The van der Waals surface area contributed by atoms with Crippen LogP contribution in [-0.2, 0) is 23.2 Å². The van der Waals surface area contributed by atoms with E-state index in [1.54, 1.807) is 18.3 Å². The second-order valence-electron chi connectivity index (χ2n) is 12.5. The third-order valence-electron chi connectivity index (χ3n) is 8.40. The number of hydrogen-bond acceptors (Lipinski definition) is 5. The van der Waals surface area contributed by atoms with E-state index in [0.29, 0.717) is 22.7 Å². The quantitative estimate of drug-likeness (QED) is 0.214. The molecule has 1 aliphatic heterocycles. The summed E-state index contributed by atoms with van der Waals surface area (Å²) in [6, 6.07) is 20.1. The van der Waals surface area contributed by atoms with Crippen LogP contribution in [0.2, 0.25) is 0 Å². The van der Waals surface area contributed by atoms with Gasteiger partial charge in [0.05, 0.1) is 35.7 Å². The van der Waals surface area contributed by atoms with Crippen LogP contribution in [0.25, 0.3) is 11.3 Å². The topological polar surface area (TPSA) is 76.5 Å². The largest absolute Gasteiger partial charge is 0.465 e. The number of likely N-dealkylation sites (tertiary alicyclic amines) is 1. The first-order chi connectivity index (χ1) is 21.1. The number of carbonyl (C=O) groups is 2. The van der Waals surface area contributed by atoms with Crippen LogP contribution in [0.5, 0.6) is 0 Å². The van der Waals surface area contributed by atoms with Crippen molar-refractivity contribution in [2.45, 2.75) is 65.0 Å². The number of nitrogens with zero attached hydrogens (tertiary/aromatic N) is 3. The van der Waals surface area contributed by atoms with E-state index in [-0.39, 0.29) is 23.2 Å². The minimum atomic E-state index is -0.377. The number of methoxy groups -OCH3 is 1. The summed E-state index contributed by atoms with van der Waals surface area (Å²) in [4.78, 5) is 27.9. The van der Waals surface area contributed by atoms with Gasteiger partial charge < -0.3 is 10.1 Å². The first kappa shape index (κ1) is 31.1. The molecule has 0 aliphatic carbocycles. The summed E-state index contributed by atoms with van der Waals surface area (Å²) in [5.74, 6) is -0.443. The summed E-state index contributed by atoms with van der Waals surface area (Å²) in [6.07, 6.45) is 4.58. The molecule has 44 heavy (non-hydrogen) atoms. The van der Waals surface area contributed by atoms with E-state index >= 15 is 0 Å². The molecule has 7 nitrogen and oxygen atoms in total. The van der Waals surface area contributed by atoms with E-state index in [4.69, 9.17) is 4.74 Å². The van der Waals surface area contributed by atoms with Gasteiger partial charge in [-0.25, -0.2) is 9.18 Å². The van der Waals surface area contributed by atoms with Gasteiger partial charge in [0.15, 0.2) is 0 Å². The zero-order valence-electron chi connectivity index (χ0n) is 26.2. The molecule has 1 saturated heterocycles. The van der Waals surface area contributed by atoms with Crippen LogP contribution in [0.3, 0.4) is 0 Å². The highest BCUT2D eigenvalue weighted by Crippen LogP contribution is 2.32. The maximum atomic E-state index is 13.7. The first-order valence-electron chi connectivity index (χ1n) is 15.3. The molecule has 1 amide bonds. The van der Waals surface area contributed by atoms with Gasteiger partial charge >= 0.3 is 5.97 Å². The molecular weight excluding hydrogens is 555 g/mol. The lowest BCUT2D eigenvalue weighted by Gasteiger charge is -2.32. The van der Waals surface area contributed by atoms with Gasteiger partial charge in [-0.2, -0.15) is 5.10 Å². The molecule has 0 bridgehead atoms. The molecule has 0 saturated carbocycles. The number of aryl methyl sites for hydroxylation is 1. The normalized spacial score (nSPS) is 14.4. The van der Waals surface area contributed by atoms with Gasteiger partial charge in [0.2, 0.25) is 0 Å². The third kappa shape index (κ3) is 6.91. The van der Waals surface area contributed by atoms with Crippen LogP contribution in [0.15, 0.2) is 72.9 Å². The van der Waals surface area contributed by atoms with Crippen LogP contribution < -0.4 is 5.32 Å². The molecule has 1 N–H and O–H groups in total. The Bertz CT molecular complexity index is 1610. The zero-order valence-corrected chi connectivity index (χ0v) is 26.2. The Kier molecular flexibility index (Phi) is 9.30. The molecule has 0 unspecified atom stereocenters. The first-order valence-corrected chi connectivity index (χ1v) is 15.3. The van der Waals surface area contributed by atoms with E-state index < -0.39 is 0 Å². The number of halogens is 1. The molecule has 5 rings (SSSR count). The maximum Gasteiger partial charge on any atom is 0.337 e. The van der Waals surface area contributed by atoms with Crippen molar-refractivity contribution in [2.24, 2.45) is 0 Å². The van der Waals surface area contributed by atoms with Crippen LogP contribution in [0, 0.1) is 5.82 Å². The van der Waals surface area contributed by atoms with Crippen LogP contribution in [0.4, 0.5) is 10.1 Å². The predicted molar refractivity (Wildman–Crippen MR) is 171 cm³/mol. The standard InChI is InChI=1S/C36H41FN4O3/c1-6-24-13-16-31(39-34(42)32-22-38-41(36(2,3)4)33(32)27-11-14-30(37)15-12-27)21-29(24)23-40-19-17-26(18-20-40)25-7-9-28(10-8-25)35(43)44-5/h7-16,21-22,26H,6,17-20,23H2,1-5H3,(H,39,42). The fraction of sp³-hybridized carbons (Fsp3) is 0.361. The molecule has 2 heterocycles. The summed E-state index contributed by atoms with van der Waals surface area (Å²) in [5, 5.41) is 7.65. The molecule has 8 heteroatoms. The Morgan fingerprint density at radius 2 is 1.66 bits per heavy atom. The molecule has 1 aromatic heterocycles. The number of nitrogens with one attached hydrogen (secondary N) is 1. The minimum absolute atomic E-state index is 0.256. The Morgan fingerprint density at radius 1 is 0.977 bits per heavy atom. The SMILES string of the molecule is CCc1ccc(NC(=O)c2cnn(C(C)(C)C)c2-c2ccc(F)cc2)cc1CN1CCC(c2ccc(C(=O)OC)cc2)CC1. The zero-order chi connectivity index (χ0) is 31.4. The van der Waals surface area contributed by atoms with E-state index in [0.717, 1.165) is 50.1 Å². The van der Waals surface area contributed by atoms with Crippen molar-refractivity contribution < 1.29 is 18.7 Å². The van der Waals surface area contributed by atoms with Crippen molar-refractivity contribution in [1.29, 1.82) is 0 Å². The summed E-state index contributed by atoms with van der Waals surface area (Å²) in [7, 11) is 1.40. The summed E-state index contributed by atoms with van der Waals surface area (Å²) in [5.41, 5.74) is 6.47. The molecule has 4 aromatic rings. The summed E-state index contributed by atoms with van der Waals surface area (Å²) >= 11 is 0. The minimum Gasteiger partial charge on any atom is -0.465 e. The van der Waals surface area contributed by atoms with Crippen molar-refractivity contribution in [1.82, 2.24) is 14.7 Å². The Labute approximate surface area is 259 Å². The average Bonchev–Trinajstić information content (AvgIpc) is 3.48. The number of amides is 1. The van der Waals surface area contributed by atoms with Gasteiger partial charge in [-0.05, 0) is 124 Å². The highest BCUT2D eigenvalue weighted by atomic mass is 19.1. The van der Waals surface area contributed by atoms with Crippen molar-refractivity contribution in [3.8, 4) is 11.3 Å². The van der Waals surface area contributed by atoms with Crippen molar-refractivity contribution in [3.63, 3.8) is 0 Å². The van der Waals surface area contributed by atoms with Crippen molar-refractivity contribution in [3.05, 3.63) is 107 Å². The van der Waals surface area contributed by atoms with Gasteiger partial charge in [-0.1, -0.05) is 25.1 Å². The number of esters is 1. The number of anilines is 1. The van der Waals surface area contributed by atoms with E-state index in [1.165, 1.54) is 35.9 Å². The number of aromatic nitrogens is 2. The lowest BCUT2D eigenvalue weighted by Crippen LogP contribution is -2.32. The molecule has 1 fully saturated rings. The van der Waals surface area contributed by atoms with Gasteiger partial charge in [-0.15, -0.1) is 0 Å². The third-order valence-corrected chi connectivity index (χ3v) is 8.40. The molecule has 3 aromatic carbocycles. The molecule has 0 atom stereocenters. The van der Waals surface area contributed by atoms with Gasteiger partial charge in [-0.3, -0.25) is 14.4 Å². The fourth-order valence-electron chi connectivity index (χ4n) is 5.98. The number of benzene rings is 3. The van der Waals surface area contributed by atoms with E-state index in [2.05, 4.69) is 34.4 Å². The van der Waals surface area contributed by atoms with Crippen molar-refractivity contribution >= 4 is 17.6 Å². The van der Waals surface area contributed by atoms with Gasteiger partial charge in [0, 0.05) is 17.8 Å². The molecule has 230 valence electrons.